The number of hydrogen-bond donors (Lipinski definition) is 1. The van der Waals surface area contributed by atoms with E-state index in [0.29, 0.717) is 13.2 Å². The lowest BCUT2D eigenvalue weighted by Crippen LogP contribution is -2.07. The fourth-order valence-corrected chi connectivity index (χ4v) is 3.48. The summed E-state index contributed by atoms with van der Waals surface area (Å²) in [6.07, 6.45) is 8.39. The molecule has 1 aliphatic heterocycles. The number of H-pyrrole nitrogens is 1. The van der Waals surface area contributed by atoms with E-state index in [1.165, 1.54) is 0 Å². The standard InChI is InChI=1S/C23H20N4O2/c1-15-23-17(9-10-24-15)20-13-18-19(26-27-21(18)14-25-20)8-7-16-5-2-3-6-22(16)28-11-4-12-29-23/h2-3,5-10,13-14H,4,11-12H2,1H3,(H,26,27)/b8-7+. The second-order valence-electron chi connectivity index (χ2n) is 6.92. The van der Waals surface area contributed by atoms with Gasteiger partial charge in [-0.25, -0.2) is 0 Å². The molecule has 0 fully saturated rings. The number of rotatable bonds is 0. The van der Waals surface area contributed by atoms with Crippen molar-refractivity contribution in [1.29, 1.82) is 0 Å². The van der Waals surface area contributed by atoms with E-state index in [2.05, 4.69) is 20.2 Å². The summed E-state index contributed by atoms with van der Waals surface area (Å²) >= 11 is 0. The molecule has 1 aliphatic rings. The van der Waals surface area contributed by atoms with Gasteiger partial charge in [-0.1, -0.05) is 18.2 Å². The molecule has 0 spiro atoms. The number of hydrogen-bond acceptors (Lipinski definition) is 5. The number of pyridine rings is 2. The Morgan fingerprint density at radius 2 is 1.90 bits per heavy atom. The maximum Gasteiger partial charge on any atom is 0.149 e. The first-order valence-electron chi connectivity index (χ1n) is 9.62. The summed E-state index contributed by atoms with van der Waals surface area (Å²) in [6.45, 7) is 3.05. The highest BCUT2D eigenvalue weighted by Gasteiger charge is 2.14. The quantitative estimate of drug-likeness (QED) is 0.477. The average molecular weight is 384 g/mol. The van der Waals surface area contributed by atoms with Crippen LogP contribution in [0.2, 0.25) is 0 Å². The third-order valence-corrected chi connectivity index (χ3v) is 4.97. The summed E-state index contributed by atoms with van der Waals surface area (Å²) in [5.41, 5.74) is 5.34. The van der Waals surface area contributed by atoms with E-state index in [4.69, 9.17) is 9.47 Å². The number of aryl methyl sites for hydroxylation is 1. The first kappa shape index (κ1) is 17.4. The van der Waals surface area contributed by atoms with Gasteiger partial charge in [0.05, 0.1) is 42.0 Å². The van der Waals surface area contributed by atoms with E-state index >= 15 is 0 Å². The zero-order valence-electron chi connectivity index (χ0n) is 16.1. The van der Waals surface area contributed by atoms with Gasteiger partial charge in [0.1, 0.15) is 11.5 Å². The van der Waals surface area contributed by atoms with Gasteiger partial charge in [-0.05, 0) is 37.3 Å². The third-order valence-electron chi connectivity index (χ3n) is 4.97. The number of nitrogens with one attached hydrogen (secondary N) is 1. The van der Waals surface area contributed by atoms with Crippen LogP contribution in [0.5, 0.6) is 11.5 Å². The van der Waals surface area contributed by atoms with Crippen LogP contribution in [0.1, 0.15) is 23.4 Å². The molecule has 0 aliphatic carbocycles. The lowest BCUT2D eigenvalue weighted by Gasteiger charge is -2.14. The van der Waals surface area contributed by atoms with Crippen molar-refractivity contribution in [3.63, 3.8) is 0 Å². The van der Waals surface area contributed by atoms with Gasteiger partial charge in [-0.2, -0.15) is 5.10 Å². The fourth-order valence-electron chi connectivity index (χ4n) is 3.48. The number of nitrogens with zero attached hydrogens (tertiary/aromatic N) is 3. The highest BCUT2D eigenvalue weighted by molar-refractivity contribution is 5.91. The Morgan fingerprint density at radius 1 is 1.00 bits per heavy atom. The van der Waals surface area contributed by atoms with Crippen molar-refractivity contribution in [3.8, 4) is 22.8 Å². The molecule has 6 heteroatoms. The minimum atomic E-state index is 0.538. The zero-order chi connectivity index (χ0) is 19.6. The largest absolute Gasteiger partial charge is 0.493 e. The van der Waals surface area contributed by atoms with Gasteiger partial charge in [-0.15, -0.1) is 0 Å². The molecule has 4 heterocycles. The predicted molar refractivity (Wildman–Crippen MR) is 113 cm³/mol. The first-order chi connectivity index (χ1) is 14.3. The summed E-state index contributed by atoms with van der Waals surface area (Å²) in [5.74, 6) is 1.61. The van der Waals surface area contributed by atoms with Crippen LogP contribution in [0.15, 0.2) is 48.8 Å². The van der Waals surface area contributed by atoms with Crippen LogP contribution in [-0.2, 0) is 0 Å². The lowest BCUT2D eigenvalue weighted by atomic mass is 10.1. The average Bonchev–Trinajstić information content (AvgIpc) is 3.15. The van der Waals surface area contributed by atoms with Gasteiger partial charge in [0.2, 0.25) is 0 Å². The van der Waals surface area contributed by atoms with E-state index in [0.717, 1.165) is 57.0 Å². The zero-order valence-corrected chi connectivity index (χ0v) is 16.1. The maximum absolute atomic E-state index is 6.11. The Hall–Kier alpha value is -3.67. The van der Waals surface area contributed by atoms with Gasteiger partial charge in [0.25, 0.3) is 0 Å². The maximum atomic E-state index is 6.11. The summed E-state index contributed by atoms with van der Waals surface area (Å²) in [6, 6.07) is 12.0. The summed E-state index contributed by atoms with van der Waals surface area (Å²) in [5, 5.41) is 8.51. The first-order valence-corrected chi connectivity index (χ1v) is 9.62. The number of fused-ring (bicyclic) bond motifs is 4. The molecule has 0 unspecified atom stereocenters. The van der Waals surface area contributed by atoms with Crippen LogP contribution in [0.3, 0.4) is 0 Å². The molecule has 4 aromatic rings. The monoisotopic (exact) mass is 384 g/mol. The molecular formula is C23H20N4O2. The minimum Gasteiger partial charge on any atom is -0.493 e. The van der Waals surface area contributed by atoms with Crippen molar-refractivity contribution < 1.29 is 9.47 Å². The fraction of sp³-hybridized carbons (Fsp3) is 0.174. The topological polar surface area (TPSA) is 72.9 Å². The third kappa shape index (κ3) is 3.33. The molecule has 0 saturated heterocycles. The summed E-state index contributed by atoms with van der Waals surface area (Å²) < 4.78 is 12.1. The van der Waals surface area contributed by atoms with E-state index in [1.807, 2.05) is 61.7 Å². The predicted octanol–water partition coefficient (Wildman–Crippen LogP) is 4.66. The molecule has 1 N–H and O–H groups in total. The van der Waals surface area contributed by atoms with Gasteiger partial charge >= 0.3 is 0 Å². The van der Waals surface area contributed by atoms with Crippen molar-refractivity contribution in [3.05, 3.63) is 65.7 Å². The Kier molecular flexibility index (Phi) is 4.44. The molecule has 3 aromatic heterocycles. The molecule has 0 radical (unpaired) electrons. The number of para-hydroxylation sites is 1. The smallest absolute Gasteiger partial charge is 0.149 e. The van der Waals surface area contributed by atoms with Gasteiger partial charge in [0, 0.05) is 29.1 Å². The number of benzene rings is 1. The molecule has 0 amide bonds. The Labute approximate surface area is 168 Å². The Morgan fingerprint density at radius 3 is 2.86 bits per heavy atom. The van der Waals surface area contributed by atoms with Crippen LogP contribution >= 0.6 is 0 Å². The van der Waals surface area contributed by atoms with E-state index in [-0.39, 0.29) is 0 Å². The number of aromatic nitrogens is 4. The molecule has 0 atom stereocenters. The van der Waals surface area contributed by atoms with Crippen molar-refractivity contribution in [2.75, 3.05) is 13.2 Å². The van der Waals surface area contributed by atoms with Gasteiger partial charge < -0.3 is 9.47 Å². The Balaban J connectivity index is 1.67. The van der Waals surface area contributed by atoms with Crippen molar-refractivity contribution in [2.24, 2.45) is 0 Å². The van der Waals surface area contributed by atoms with Crippen LogP contribution in [0, 0.1) is 6.92 Å². The molecule has 1 aromatic carbocycles. The van der Waals surface area contributed by atoms with Crippen LogP contribution in [-0.4, -0.2) is 33.4 Å². The highest BCUT2D eigenvalue weighted by Crippen LogP contribution is 2.33. The van der Waals surface area contributed by atoms with E-state index in [9.17, 15) is 0 Å². The van der Waals surface area contributed by atoms with Crippen LogP contribution in [0.4, 0.5) is 0 Å². The van der Waals surface area contributed by atoms with Crippen molar-refractivity contribution in [2.45, 2.75) is 13.3 Å². The van der Waals surface area contributed by atoms with E-state index < -0.39 is 0 Å². The van der Waals surface area contributed by atoms with E-state index in [1.54, 1.807) is 6.20 Å². The summed E-state index contributed by atoms with van der Waals surface area (Å²) in [4.78, 5) is 9.01. The highest BCUT2D eigenvalue weighted by atomic mass is 16.5. The Bertz CT molecular complexity index is 1210. The minimum absolute atomic E-state index is 0.538. The molecule has 144 valence electrons. The van der Waals surface area contributed by atoms with Crippen molar-refractivity contribution >= 4 is 23.1 Å². The van der Waals surface area contributed by atoms with Crippen LogP contribution < -0.4 is 9.47 Å². The second kappa shape index (κ2) is 7.39. The molecule has 0 saturated carbocycles. The van der Waals surface area contributed by atoms with Crippen LogP contribution in [0.25, 0.3) is 34.3 Å². The normalized spacial score (nSPS) is 14.8. The number of aromatic amines is 1. The number of ether oxygens (including phenoxy) is 2. The molecule has 2 bridgehead atoms. The molecule has 6 nitrogen and oxygen atoms in total. The lowest BCUT2D eigenvalue weighted by molar-refractivity contribution is 0.246. The SMILES string of the molecule is Cc1nccc2c1OCCCOc1ccccc1/C=C/c1n[nH]c3cnc-2cc13. The van der Waals surface area contributed by atoms with Gasteiger partial charge in [-0.3, -0.25) is 15.1 Å². The molecule has 29 heavy (non-hydrogen) atoms. The van der Waals surface area contributed by atoms with Crippen molar-refractivity contribution in [1.82, 2.24) is 20.2 Å². The molecule has 5 rings (SSSR count). The van der Waals surface area contributed by atoms with Gasteiger partial charge in [0.15, 0.2) is 0 Å². The second-order valence-corrected chi connectivity index (χ2v) is 6.92. The summed E-state index contributed by atoms with van der Waals surface area (Å²) in [7, 11) is 0. The molecular weight excluding hydrogens is 364 g/mol.